The lowest BCUT2D eigenvalue weighted by Crippen LogP contribution is -2.15. The molecular formula is C17H20F2N8O2S. The number of carbonyl (C=O) groups is 1. The number of hydrogen-bond acceptors (Lipinski definition) is 9. The minimum absolute atomic E-state index is 0.0151. The van der Waals surface area contributed by atoms with Crippen molar-refractivity contribution in [1.29, 1.82) is 0 Å². The highest BCUT2D eigenvalue weighted by atomic mass is 32.2. The lowest BCUT2D eigenvalue weighted by Gasteiger charge is -2.10. The second kappa shape index (κ2) is 10.0. The summed E-state index contributed by atoms with van der Waals surface area (Å²) in [6.07, 6.45) is 0. The van der Waals surface area contributed by atoms with Gasteiger partial charge in [0.2, 0.25) is 17.8 Å². The third-order valence-corrected chi connectivity index (χ3v) is 4.52. The van der Waals surface area contributed by atoms with Gasteiger partial charge in [-0.05, 0) is 26.0 Å². The molecule has 3 aromatic rings. The molecule has 0 aliphatic rings. The number of fused-ring (bicyclic) bond motifs is 1. The Balaban J connectivity index is 1.70. The Hall–Kier alpha value is -3.22. The molecule has 0 atom stereocenters. The van der Waals surface area contributed by atoms with Crippen molar-refractivity contribution >= 4 is 41.0 Å². The fourth-order valence-electron chi connectivity index (χ4n) is 2.47. The van der Waals surface area contributed by atoms with Crippen molar-refractivity contribution in [3.8, 4) is 5.75 Å². The van der Waals surface area contributed by atoms with Crippen LogP contribution in [0.15, 0.2) is 29.4 Å². The highest BCUT2D eigenvalue weighted by Gasteiger charge is 2.16. The summed E-state index contributed by atoms with van der Waals surface area (Å²) >= 11 is 1.14. The summed E-state index contributed by atoms with van der Waals surface area (Å²) in [4.78, 5) is 21.0. The Morgan fingerprint density at radius 3 is 2.73 bits per heavy atom. The van der Waals surface area contributed by atoms with Crippen LogP contribution in [-0.4, -0.2) is 55.9 Å². The number of aromatic nitrogens is 5. The number of amides is 1. The number of hydrogen-bond donors (Lipinski definition) is 3. The first-order chi connectivity index (χ1) is 14.5. The molecule has 0 fully saturated rings. The van der Waals surface area contributed by atoms with E-state index < -0.39 is 6.61 Å². The summed E-state index contributed by atoms with van der Waals surface area (Å²) in [7, 11) is 0. The van der Waals surface area contributed by atoms with Crippen LogP contribution in [0.25, 0.3) is 5.78 Å². The summed E-state index contributed by atoms with van der Waals surface area (Å²) in [5, 5.41) is 17.4. The average Bonchev–Trinajstić information content (AvgIpc) is 3.10. The number of ether oxygens (including phenoxy) is 1. The van der Waals surface area contributed by atoms with E-state index in [9.17, 15) is 13.6 Å². The topological polar surface area (TPSA) is 118 Å². The molecule has 0 saturated carbocycles. The maximum Gasteiger partial charge on any atom is 0.387 e. The molecular weight excluding hydrogens is 418 g/mol. The first kappa shape index (κ1) is 21.5. The zero-order valence-corrected chi connectivity index (χ0v) is 17.0. The Labute approximate surface area is 174 Å². The van der Waals surface area contributed by atoms with Gasteiger partial charge in [-0.15, -0.1) is 10.2 Å². The largest absolute Gasteiger partial charge is 0.435 e. The van der Waals surface area contributed by atoms with Crippen LogP contribution < -0.4 is 20.7 Å². The summed E-state index contributed by atoms with van der Waals surface area (Å²) in [6.45, 7) is 2.20. The SMILES string of the molecule is CCNc1nc(NCC)n2c(SCC(=O)Nc3cccc(OC(F)F)c3)nnc2n1. The third kappa shape index (κ3) is 5.43. The van der Waals surface area contributed by atoms with E-state index in [1.54, 1.807) is 10.5 Å². The van der Waals surface area contributed by atoms with Crippen LogP contribution >= 0.6 is 11.8 Å². The van der Waals surface area contributed by atoms with Gasteiger partial charge >= 0.3 is 6.61 Å². The molecule has 0 spiro atoms. The zero-order chi connectivity index (χ0) is 21.5. The fourth-order valence-corrected chi connectivity index (χ4v) is 3.20. The van der Waals surface area contributed by atoms with E-state index in [-0.39, 0.29) is 17.4 Å². The van der Waals surface area contributed by atoms with Gasteiger partial charge in [0.15, 0.2) is 5.16 Å². The van der Waals surface area contributed by atoms with E-state index in [0.29, 0.717) is 41.6 Å². The second-order valence-corrected chi connectivity index (χ2v) is 6.74. The van der Waals surface area contributed by atoms with E-state index in [2.05, 4.69) is 40.9 Å². The van der Waals surface area contributed by atoms with Crippen LogP contribution in [0.4, 0.5) is 26.4 Å². The number of benzene rings is 1. The van der Waals surface area contributed by atoms with Crippen molar-refractivity contribution in [2.75, 3.05) is 34.8 Å². The highest BCUT2D eigenvalue weighted by Crippen LogP contribution is 2.22. The highest BCUT2D eigenvalue weighted by molar-refractivity contribution is 7.99. The maximum atomic E-state index is 12.3. The van der Waals surface area contributed by atoms with E-state index in [0.717, 1.165) is 11.8 Å². The van der Waals surface area contributed by atoms with Crippen LogP contribution in [0.1, 0.15) is 13.8 Å². The van der Waals surface area contributed by atoms with Gasteiger partial charge in [0.25, 0.3) is 5.78 Å². The first-order valence-electron chi connectivity index (χ1n) is 9.08. The lowest BCUT2D eigenvalue weighted by molar-refractivity contribution is -0.113. The molecule has 160 valence electrons. The van der Waals surface area contributed by atoms with E-state index in [4.69, 9.17) is 0 Å². The van der Waals surface area contributed by atoms with Crippen molar-refractivity contribution in [3.63, 3.8) is 0 Å². The molecule has 2 heterocycles. The quantitative estimate of drug-likeness (QED) is 0.411. The van der Waals surface area contributed by atoms with E-state index >= 15 is 0 Å². The summed E-state index contributed by atoms with van der Waals surface area (Å²) in [5.41, 5.74) is 0.344. The number of carbonyl (C=O) groups excluding carboxylic acids is 1. The molecule has 1 aromatic carbocycles. The number of nitrogens with zero attached hydrogens (tertiary/aromatic N) is 5. The van der Waals surface area contributed by atoms with Gasteiger partial charge in [0.05, 0.1) is 5.75 Å². The van der Waals surface area contributed by atoms with E-state index in [1.807, 2.05) is 13.8 Å². The summed E-state index contributed by atoms with van der Waals surface area (Å²) in [6, 6.07) is 5.78. The van der Waals surface area contributed by atoms with Gasteiger partial charge in [-0.1, -0.05) is 17.8 Å². The molecule has 13 heteroatoms. The molecule has 3 N–H and O–H groups in total. The van der Waals surface area contributed by atoms with Crippen molar-refractivity contribution < 1.29 is 18.3 Å². The second-order valence-electron chi connectivity index (χ2n) is 5.79. The van der Waals surface area contributed by atoms with Crippen LogP contribution in [0.2, 0.25) is 0 Å². The van der Waals surface area contributed by atoms with Gasteiger partial charge in [-0.25, -0.2) is 4.40 Å². The molecule has 2 aromatic heterocycles. The number of thioether (sulfide) groups is 1. The monoisotopic (exact) mass is 438 g/mol. The van der Waals surface area contributed by atoms with Gasteiger partial charge in [0, 0.05) is 24.8 Å². The number of rotatable bonds is 10. The molecule has 0 unspecified atom stereocenters. The Kier molecular flexibility index (Phi) is 7.17. The molecule has 10 nitrogen and oxygen atoms in total. The van der Waals surface area contributed by atoms with Crippen molar-refractivity contribution in [2.45, 2.75) is 25.6 Å². The normalized spacial score (nSPS) is 11.0. The molecule has 0 bridgehead atoms. The zero-order valence-electron chi connectivity index (χ0n) is 16.2. The molecule has 30 heavy (non-hydrogen) atoms. The Morgan fingerprint density at radius 2 is 2.00 bits per heavy atom. The molecule has 0 saturated heterocycles. The fraction of sp³-hybridized carbons (Fsp3) is 0.353. The number of nitrogens with one attached hydrogen (secondary N) is 3. The molecule has 0 radical (unpaired) electrons. The van der Waals surface area contributed by atoms with Gasteiger partial charge < -0.3 is 20.7 Å². The minimum Gasteiger partial charge on any atom is -0.435 e. The Morgan fingerprint density at radius 1 is 1.20 bits per heavy atom. The van der Waals surface area contributed by atoms with Crippen LogP contribution in [0.5, 0.6) is 5.75 Å². The molecule has 0 aliphatic heterocycles. The number of alkyl halides is 2. The van der Waals surface area contributed by atoms with E-state index in [1.165, 1.54) is 18.2 Å². The molecule has 0 aliphatic carbocycles. The number of anilines is 3. The Bertz CT molecular complexity index is 1020. The first-order valence-corrected chi connectivity index (χ1v) is 10.1. The smallest absolute Gasteiger partial charge is 0.387 e. The predicted octanol–water partition coefficient (Wildman–Crippen LogP) is 2.72. The average molecular weight is 438 g/mol. The summed E-state index contributed by atoms with van der Waals surface area (Å²) in [5.74, 6) is 0.902. The molecule has 3 rings (SSSR count). The van der Waals surface area contributed by atoms with Gasteiger partial charge in [-0.3, -0.25) is 4.79 Å². The van der Waals surface area contributed by atoms with Crippen LogP contribution in [0.3, 0.4) is 0 Å². The predicted molar refractivity (Wildman–Crippen MR) is 109 cm³/mol. The lowest BCUT2D eigenvalue weighted by atomic mass is 10.3. The third-order valence-electron chi connectivity index (χ3n) is 3.59. The van der Waals surface area contributed by atoms with Gasteiger partial charge in [-0.2, -0.15) is 18.7 Å². The summed E-state index contributed by atoms with van der Waals surface area (Å²) < 4.78 is 30.6. The van der Waals surface area contributed by atoms with Gasteiger partial charge in [0.1, 0.15) is 5.75 Å². The minimum atomic E-state index is -2.94. The van der Waals surface area contributed by atoms with Crippen molar-refractivity contribution in [3.05, 3.63) is 24.3 Å². The molecule has 1 amide bonds. The van der Waals surface area contributed by atoms with Crippen molar-refractivity contribution in [1.82, 2.24) is 24.6 Å². The standard InChI is InChI=1S/C17H20F2N8O2S/c1-3-20-14-23-15(21-4-2)27-16(24-14)25-26-17(27)30-9-12(28)22-10-6-5-7-11(8-10)29-13(18)19/h5-8,13H,3-4,9H2,1-2H3,(H,22,28)(H2,20,21,23,24,25). The maximum absolute atomic E-state index is 12.3. The van der Waals surface area contributed by atoms with Crippen LogP contribution in [0, 0.1) is 0 Å². The van der Waals surface area contributed by atoms with Crippen LogP contribution in [-0.2, 0) is 4.79 Å². The number of halogens is 2. The van der Waals surface area contributed by atoms with Crippen molar-refractivity contribution in [2.24, 2.45) is 0 Å².